The molecule has 6 heteroatoms. The number of anilines is 1. The third kappa shape index (κ3) is 5.31. The van der Waals surface area contributed by atoms with Crippen molar-refractivity contribution in [2.24, 2.45) is 5.92 Å². The number of piperidine rings is 1. The fourth-order valence-corrected chi connectivity index (χ4v) is 3.48. The molecule has 0 spiro atoms. The molecule has 148 valence electrons. The predicted octanol–water partition coefficient (Wildman–Crippen LogP) is 4.98. The van der Waals surface area contributed by atoms with E-state index in [9.17, 15) is 9.90 Å². The lowest BCUT2D eigenvalue weighted by molar-refractivity contribution is 0.0181. The summed E-state index contributed by atoms with van der Waals surface area (Å²) in [5, 5.41) is 13.9. The number of carbonyl (C=O) groups is 1. The lowest BCUT2D eigenvalue weighted by Crippen LogP contribution is -2.41. The molecule has 1 aromatic heterocycles. The second-order valence-electron chi connectivity index (χ2n) is 8.31. The van der Waals surface area contributed by atoms with Crippen LogP contribution in [0.25, 0.3) is 11.0 Å². The Kier molecular flexibility index (Phi) is 5.82. The molecule has 27 heavy (non-hydrogen) atoms. The van der Waals surface area contributed by atoms with Gasteiger partial charge in [-0.25, -0.2) is 4.79 Å². The Bertz CT molecular complexity index is 770. The summed E-state index contributed by atoms with van der Waals surface area (Å²) in [7, 11) is 0. The quantitative estimate of drug-likeness (QED) is 0.722. The van der Waals surface area contributed by atoms with Crippen molar-refractivity contribution in [2.75, 3.05) is 25.0 Å². The highest BCUT2D eigenvalue weighted by atomic mass is 16.6. The number of furan rings is 1. The van der Waals surface area contributed by atoms with Crippen LogP contribution in [0.4, 0.5) is 10.5 Å². The Morgan fingerprint density at radius 2 is 2.07 bits per heavy atom. The molecule has 2 aromatic rings. The molecule has 0 saturated carbocycles. The van der Waals surface area contributed by atoms with Crippen LogP contribution in [0.15, 0.2) is 28.9 Å². The van der Waals surface area contributed by atoms with Crippen LogP contribution in [-0.2, 0) is 4.74 Å². The van der Waals surface area contributed by atoms with Gasteiger partial charge < -0.3 is 24.5 Å². The van der Waals surface area contributed by atoms with Gasteiger partial charge in [-0.2, -0.15) is 0 Å². The Labute approximate surface area is 160 Å². The van der Waals surface area contributed by atoms with Gasteiger partial charge in [0.1, 0.15) is 17.4 Å². The van der Waals surface area contributed by atoms with Crippen molar-refractivity contribution >= 4 is 22.7 Å². The smallest absolute Gasteiger partial charge is 0.410 e. The minimum absolute atomic E-state index is 0.172. The number of hydrogen-bond donors (Lipinski definition) is 2. The van der Waals surface area contributed by atoms with Crippen LogP contribution >= 0.6 is 0 Å². The number of benzene rings is 1. The van der Waals surface area contributed by atoms with Gasteiger partial charge in [0.2, 0.25) is 0 Å². The number of nitrogens with zero attached hydrogens (tertiary/aromatic N) is 1. The van der Waals surface area contributed by atoms with Crippen LogP contribution in [-0.4, -0.2) is 41.3 Å². The zero-order valence-corrected chi connectivity index (χ0v) is 16.5. The van der Waals surface area contributed by atoms with Crippen molar-refractivity contribution in [3.63, 3.8) is 0 Å². The Morgan fingerprint density at radius 1 is 1.33 bits per heavy atom. The number of rotatable bonds is 5. The average molecular weight is 374 g/mol. The molecule has 1 fully saturated rings. The predicted molar refractivity (Wildman–Crippen MR) is 106 cm³/mol. The van der Waals surface area contributed by atoms with Gasteiger partial charge in [0.25, 0.3) is 0 Å². The summed E-state index contributed by atoms with van der Waals surface area (Å²) >= 11 is 0. The first-order valence-corrected chi connectivity index (χ1v) is 9.74. The number of ether oxygens (including phenoxy) is 1. The van der Waals surface area contributed by atoms with Gasteiger partial charge in [-0.05, 0) is 70.6 Å². The van der Waals surface area contributed by atoms with Gasteiger partial charge in [-0.1, -0.05) is 0 Å². The van der Waals surface area contributed by atoms with Crippen LogP contribution < -0.4 is 5.32 Å². The minimum atomic E-state index is -0.435. The number of carbonyl (C=O) groups excluding carboxylic acids is 1. The molecule has 2 heterocycles. The molecule has 0 unspecified atom stereocenters. The summed E-state index contributed by atoms with van der Waals surface area (Å²) in [6.45, 7) is 8.15. The first-order valence-electron chi connectivity index (χ1n) is 9.74. The van der Waals surface area contributed by atoms with E-state index in [1.54, 1.807) is 0 Å². The van der Waals surface area contributed by atoms with Crippen molar-refractivity contribution in [1.29, 1.82) is 0 Å². The molecular formula is C21H30N2O4. The molecule has 2 N–H and O–H groups in total. The fourth-order valence-electron chi connectivity index (χ4n) is 3.48. The number of nitrogens with one attached hydrogen (secondary N) is 1. The molecule has 1 aliphatic rings. The molecule has 1 aliphatic heterocycles. The van der Waals surface area contributed by atoms with E-state index in [0.717, 1.165) is 56.4 Å². The summed E-state index contributed by atoms with van der Waals surface area (Å²) in [6.07, 6.45) is 5.46. The molecule has 6 nitrogen and oxygen atoms in total. The molecule has 1 amide bonds. The van der Waals surface area contributed by atoms with Crippen LogP contribution in [0, 0.1) is 5.92 Å². The number of hydrogen-bond acceptors (Lipinski definition) is 5. The summed E-state index contributed by atoms with van der Waals surface area (Å²) in [6, 6.07) is 5.74. The maximum atomic E-state index is 12.1. The average Bonchev–Trinajstić information content (AvgIpc) is 2.98. The topological polar surface area (TPSA) is 74.9 Å². The maximum Gasteiger partial charge on any atom is 0.410 e. The number of likely N-dealkylation sites (tertiary alicyclic amines) is 1. The van der Waals surface area contributed by atoms with Gasteiger partial charge in [0.05, 0.1) is 5.39 Å². The van der Waals surface area contributed by atoms with Gasteiger partial charge in [-0.15, -0.1) is 0 Å². The van der Waals surface area contributed by atoms with E-state index in [1.807, 2.05) is 43.9 Å². The molecule has 0 aliphatic carbocycles. The SMILES string of the molecule is CC(C)(C)OC(=O)N1CCC(CCCNc2ccc3occ(O)c3c2)CC1. The molecule has 3 rings (SSSR count). The van der Waals surface area contributed by atoms with Crippen molar-refractivity contribution in [3.8, 4) is 5.75 Å². The highest BCUT2D eigenvalue weighted by molar-refractivity contribution is 5.86. The lowest BCUT2D eigenvalue weighted by atomic mass is 9.92. The van der Waals surface area contributed by atoms with Crippen molar-refractivity contribution in [3.05, 3.63) is 24.5 Å². The highest BCUT2D eigenvalue weighted by Gasteiger charge is 2.26. The van der Waals surface area contributed by atoms with Crippen molar-refractivity contribution in [1.82, 2.24) is 4.90 Å². The van der Waals surface area contributed by atoms with E-state index >= 15 is 0 Å². The maximum absolute atomic E-state index is 12.1. The normalized spacial score (nSPS) is 15.9. The standard InChI is InChI=1S/C21H30N2O4/c1-21(2,3)27-20(25)23-11-8-15(9-12-23)5-4-10-22-16-6-7-19-17(13-16)18(24)14-26-19/h6-7,13-15,22,24H,4-5,8-12H2,1-3H3. The number of aromatic hydroxyl groups is 1. The minimum Gasteiger partial charge on any atom is -0.504 e. The largest absolute Gasteiger partial charge is 0.504 e. The highest BCUT2D eigenvalue weighted by Crippen LogP contribution is 2.29. The van der Waals surface area contributed by atoms with Crippen LogP contribution in [0.2, 0.25) is 0 Å². The molecule has 1 saturated heterocycles. The summed E-state index contributed by atoms with van der Waals surface area (Å²) in [4.78, 5) is 13.9. The van der Waals surface area contributed by atoms with Crippen LogP contribution in [0.3, 0.4) is 0 Å². The monoisotopic (exact) mass is 374 g/mol. The molecule has 0 radical (unpaired) electrons. The summed E-state index contributed by atoms with van der Waals surface area (Å²) in [5.74, 6) is 0.830. The van der Waals surface area contributed by atoms with E-state index in [0.29, 0.717) is 11.5 Å². The number of amides is 1. The van der Waals surface area contributed by atoms with Gasteiger partial charge in [0, 0.05) is 25.3 Å². The summed E-state index contributed by atoms with van der Waals surface area (Å²) < 4.78 is 10.7. The zero-order valence-electron chi connectivity index (χ0n) is 16.5. The third-order valence-corrected chi connectivity index (χ3v) is 4.94. The number of fused-ring (bicyclic) bond motifs is 1. The van der Waals surface area contributed by atoms with Gasteiger partial charge in [0.15, 0.2) is 5.75 Å². The Morgan fingerprint density at radius 3 is 2.78 bits per heavy atom. The van der Waals surface area contributed by atoms with E-state index in [4.69, 9.17) is 9.15 Å². The Balaban J connectivity index is 1.36. The first kappa shape index (κ1) is 19.4. The van der Waals surface area contributed by atoms with Crippen LogP contribution in [0.5, 0.6) is 5.75 Å². The van der Waals surface area contributed by atoms with E-state index in [-0.39, 0.29) is 11.8 Å². The third-order valence-electron chi connectivity index (χ3n) is 4.94. The van der Waals surface area contributed by atoms with Gasteiger partial charge in [-0.3, -0.25) is 0 Å². The molecular weight excluding hydrogens is 344 g/mol. The fraction of sp³-hybridized carbons (Fsp3) is 0.571. The molecule has 0 atom stereocenters. The van der Waals surface area contributed by atoms with Gasteiger partial charge >= 0.3 is 6.09 Å². The van der Waals surface area contributed by atoms with E-state index in [1.165, 1.54) is 6.26 Å². The zero-order chi connectivity index (χ0) is 19.4. The van der Waals surface area contributed by atoms with Crippen LogP contribution in [0.1, 0.15) is 46.5 Å². The van der Waals surface area contributed by atoms with Crippen molar-refractivity contribution < 1.29 is 19.1 Å². The molecule has 0 bridgehead atoms. The van der Waals surface area contributed by atoms with E-state index < -0.39 is 5.60 Å². The summed E-state index contributed by atoms with van der Waals surface area (Å²) in [5.41, 5.74) is 1.24. The Hall–Kier alpha value is -2.37. The van der Waals surface area contributed by atoms with Crippen molar-refractivity contribution in [2.45, 2.75) is 52.1 Å². The second-order valence-corrected chi connectivity index (χ2v) is 8.31. The first-order chi connectivity index (χ1) is 12.8. The van der Waals surface area contributed by atoms with E-state index in [2.05, 4.69) is 5.32 Å². The lowest BCUT2D eigenvalue weighted by Gasteiger charge is -2.33. The second kappa shape index (κ2) is 8.11. The molecule has 1 aromatic carbocycles.